The second-order valence-electron chi connectivity index (χ2n) is 6.10. The first-order valence-electron chi connectivity index (χ1n) is 7.44. The van der Waals surface area contributed by atoms with E-state index in [1.165, 1.54) is 6.42 Å². The highest BCUT2D eigenvalue weighted by Gasteiger charge is 2.42. The Morgan fingerprint density at radius 1 is 1.19 bits per heavy atom. The van der Waals surface area contributed by atoms with Crippen molar-refractivity contribution in [2.24, 2.45) is 11.8 Å². The maximum absolute atomic E-state index is 12.3. The molecule has 2 bridgehead atoms. The van der Waals surface area contributed by atoms with Crippen LogP contribution in [0.5, 0.6) is 0 Å². The van der Waals surface area contributed by atoms with E-state index in [1.54, 1.807) is 18.2 Å². The molecule has 1 heterocycles. The Balaban J connectivity index is 1.62. The highest BCUT2D eigenvalue weighted by Crippen LogP contribution is 2.46. The predicted molar refractivity (Wildman–Crippen MR) is 77.1 cm³/mol. The lowest BCUT2D eigenvalue weighted by atomic mass is 9.98. The molecule has 1 aromatic carbocycles. The van der Waals surface area contributed by atoms with Gasteiger partial charge < -0.3 is 9.15 Å². The fourth-order valence-electron chi connectivity index (χ4n) is 3.74. The summed E-state index contributed by atoms with van der Waals surface area (Å²) in [6, 6.07) is 8.72. The van der Waals surface area contributed by atoms with Crippen molar-refractivity contribution in [1.82, 2.24) is 0 Å². The summed E-state index contributed by atoms with van der Waals surface area (Å²) >= 11 is 0. The van der Waals surface area contributed by atoms with Gasteiger partial charge in [0, 0.05) is 5.39 Å². The van der Waals surface area contributed by atoms with Crippen LogP contribution in [0, 0.1) is 11.8 Å². The van der Waals surface area contributed by atoms with Crippen molar-refractivity contribution in [3.63, 3.8) is 0 Å². The number of benzene rings is 1. The van der Waals surface area contributed by atoms with Gasteiger partial charge in [-0.15, -0.1) is 0 Å². The first kappa shape index (κ1) is 12.6. The molecule has 0 unspecified atom stereocenters. The van der Waals surface area contributed by atoms with Crippen molar-refractivity contribution in [3.05, 3.63) is 46.3 Å². The lowest BCUT2D eigenvalue weighted by Crippen LogP contribution is -2.26. The summed E-state index contributed by atoms with van der Waals surface area (Å²) in [7, 11) is 0. The van der Waals surface area contributed by atoms with Gasteiger partial charge in [0.2, 0.25) is 0 Å². The number of fused-ring (bicyclic) bond motifs is 3. The fourth-order valence-corrected chi connectivity index (χ4v) is 3.74. The maximum atomic E-state index is 12.3. The van der Waals surface area contributed by atoms with Crippen LogP contribution in [0.3, 0.4) is 0 Å². The zero-order valence-electron chi connectivity index (χ0n) is 11.6. The Bertz CT molecular complexity index is 761. The van der Waals surface area contributed by atoms with Gasteiger partial charge in [0.05, 0.1) is 0 Å². The number of carbonyl (C=O) groups is 1. The lowest BCUT2D eigenvalue weighted by Gasteiger charge is -2.21. The standard InChI is InChI=1S/C17H16O4/c18-16-13(9-11-3-1-2-4-14(11)20-16)17(19)21-15-8-10-5-6-12(15)7-10/h1-4,9-10,12,15H,5-8H2/t10-,12-,15-/m0/s1. The SMILES string of the molecule is O=C(O[C@H]1C[C@H]2CC[C@H]1C2)c1cc2ccccc2oc1=O. The van der Waals surface area contributed by atoms with Crippen LogP contribution in [-0.4, -0.2) is 12.1 Å². The Hall–Kier alpha value is -2.10. The van der Waals surface area contributed by atoms with Crippen molar-refractivity contribution < 1.29 is 13.9 Å². The number of para-hydroxylation sites is 1. The van der Waals surface area contributed by atoms with Gasteiger partial charge in [0.1, 0.15) is 17.3 Å². The molecule has 2 fully saturated rings. The Labute approximate surface area is 121 Å². The first-order valence-corrected chi connectivity index (χ1v) is 7.44. The van der Waals surface area contributed by atoms with Crippen LogP contribution in [-0.2, 0) is 4.74 Å². The van der Waals surface area contributed by atoms with Crippen LogP contribution < -0.4 is 5.63 Å². The average molecular weight is 284 g/mol. The van der Waals surface area contributed by atoms with Gasteiger partial charge in [-0.25, -0.2) is 9.59 Å². The summed E-state index contributed by atoms with van der Waals surface area (Å²) in [5.41, 5.74) is -0.141. The summed E-state index contributed by atoms with van der Waals surface area (Å²) in [4.78, 5) is 24.2. The molecule has 0 saturated heterocycles. The minimum absolute atomic E-state index is 0.00327. The molecular formula is C17H16O4. The van der Waals surface area contributed by atoms with E-state index in [1.807, 2.05) is 12.1 Å². The molecule has 108 valence electrons. The minimum atomic E-state index is -0.623. The average Bonchev–Trinajstić information content (AvgIpc) is 3.09. The third kappa shape index (κ3) is 2.15. The summed E-state index contributed by atoms with van der Waals surface area (Å²) in [6.07, 6.45) is 4.45. The molecule has 4 rings (SSSR count). The van der Waals surface area contributed by atoms with E-state index >= 15 is 0 Å². The first-order chi connectivity index (χ1) is 10.2. The maximum Gasteiger partial charge on any atom is 0.351 e. The summed E-state index contributed by atoms with van der Waals surface area (Å²) in [5, 5.41) is 0.733. The van der Waals surface area contributed by atoms with Gasteiger partial charge in [0.25, 0.3) is 0 Å². The van der Waals surface area contributed by atoms with Crippen molar-refractivity contribution >= 4 is 16.9 Å². The molecule has 0 radical (unpaired) electrons. The van der Waals surface area contributed by atoms with E-state index in [0.29, 0.717) is 17.4 Å². The molecule has 4 heteroatoms. The summed E-state index contributed by atoms with van der Waals surface area (Å²) < 4.78 is 10.7. The summed E-state index contributed by atoms with van der Waals surface area (Å²) in [5.74, 6) is 0.624. The molecule has 0 amide bonds. The Morgan fingerprint density at radius 3 is 2.81 bits per heavy atom. The highest BCUT2D eigenvalue weighted by molar-refractivity contribution is 5.92. The zero-order chi connectivity index (χ0) is 14.4. The van der Waals surface area contributed by atoms with Crippen LogP contribution in [0.15, 0.2) is 39.5 Å². The number of esters is 1. The molecular weight excluding hydrogens is 268 g/mol. The molecule has 0 spiro atoms. The molecule has 2 aromatic rings. The molecule has 2 aliphatic rings. The normalized spacial score (nSPS) is 27.1. The number of rotatable bonds is 2. The monoisotopic (exact) mass is 284 g/mol. The van der Waals surface area contributed by atoms with Crippen LogP contribution in [0.25, 0.3) is 11.0 Å². The third-order valence-corrected chi connectivity index (χ3v) is 4.79. The van der Waals surface area contributed by atoms with Crippen molar-refractivity contribution in [2.75, 3.05) is 0 Å². The Kier molecular flexibility index (Phi) is 2.84. The van der Waals surface area contributed by atoms with E-state index in [-0.39, 0.29) is 11.7 Å². The number of hydrogen-bond acceptors (Lipinski definition) is 4. The van der Waals surface area contributed by atoms with Gasteiger partial charge in [-0.05, 0) is 49.7 Å². The van der Waals surface area contributed by atoms with Crippen LogP contribution in [0.4, 0.5) is 0 Å². The van der Waals surface area contributed by atoms with Crippen molar-refractivity contribution in [2.45, 2.75) is 31.8 Å². The molecule has 1 aromatic heterocycles. The van der Waals surface area contributed by atoms with Crippen LogP contribution in [0.1, 0.15) is 36.0 Å². The topological polar surface area (TPSA) is 56.5 Å². The Morgan fingerprint density at radius 2 is 2.05 bits per heavy atom. The van der Waals surface area contributed by atoms with Crippen molar-refractivity contribution in [1.29, 1.82) is 0 Å². The number of carbonyl (C=O) groups excluding carboxylic acids is 1. The molecule has 0 N–H and O–H groups in total. The van der Waals surface area contributed by atoms with Crippen LogP contribution in [0.2, 0.25) is 0 Å². The lowest BCUT2D eigenvalue weighted by molar-refractivity contribution is 0.0154. The largest absolute Gasteiger partial charge is 0.458 e. The van der Waals surface area contributed by atoms with E-state index in [0.717, 1.165) is 24.6 Å². The molecule has 0 aliphatic heterocycles. The highest BCUT2D eigenvalue weighted by atomic mass is 16.5. The zero-order valence-corrected chi connectivity index (χ0v) is 11.6. The smallest absolute Gasteiger partial charge is 0.351 e. The predicted octanol–water partition coefficient (Wildman–Crippen LogP) is 3.14. The van der Waals surface area contributed by atoms with Gasteiger partial charge >= 0.3 is 11.6 Å². The summed E-state index contributed by atoms with van der Waals surface area (Å²) in [6.45, 7) is 0. The minimum Gasteiger partial charge on any atom is -0.458 e. The van der Waals surface area contributed by atoms with Gasteiger partial charge in [-0.2, -0.15) is 0 Å². The van der Waals surface area contributed by atoms with Crippen molar-refractivity contribution in [3.8, 4) is 0 Å². The molecule has 4 nitrogen and oxygen atoms in total. The van der Waals surface area contributed by atoms with Crippen LogP contribution >= 0.6 is 0 Å². The third-order valence-electron chi connectivity index (χ3n) is 4.79. The van der Waals surface area contributed by atoms with Gasteiger partial charge in [-0.1, -0.05) is 18.2 Å². The second kappa shape index (κ2) is 4.72. The molecule has 2 aliphatic carbocycles. The number of hydrogen-bond donors (Lipinski definition) is 0. The van der Waals surface area contributed by atoms with E-state index < -0.39 is 11.6 Å². The molecule has 2 saturated carbocycles. The molecule has 21 heavy (non-hydrogen) atoms. The quantitative estimate of drug-likeness (QED) is 0.628. The fraction of sp³-hybridized carbons (Fsp3) is 0.412. The number of ether oxygens (including phenoxy) is 1. The van der Waals surface area contributed by atoms with Gasteiger partial charge in [0.15, 0.2) is 0 Å². The second-order valence-corrected chi connectivity index (χ2v) is 6.10. The van der Waals surface area contributed by atoms with E-state index in [4.69, 9.17) is 9.15 Å². The van der Waals surface area contributed by atoms with E-state index in [2.05, 4.69) is 0 Å². The van der Waals surface area contributed by atoms with Gasteiger partial charge in [-0.3, -0.25) is 0 Å². The van der Waals surface area contributed by atoms with E-state index in [9.17, 15) is 9.59 Å². The molecule has 3 atom stereocenters.